The first kappa shape index (κ1) is 10.5. The maximum atomic E-state index is 8.76. The monoisotopic (exact) mass is 235 g/mol. The van der Waals surface area contributed by atoms with Gasteiger partial charge in [0.25, 0.3) is 0 Å². The molecule has 1 heterocycles. The predicted molar refractivity (Wildman–Crippen MR) is 54.7 cm³/mol. The van der Waals surface area contributed by atoms with E-state index in [0.717, 1.165) is 17.7 Å². The molecule has 3 heteroatoms. The number of aliphatic hydroxyl groups excluding tert-OH is 1. The molecule has 0 aromatic heterocycles. The lowest BCUT2D eigenvalue weighted by Gasteiger charge is -2.14. The second-order valence-electron chi connectivity index (χ2n) is 3.51. The van der Waals surface area contributed by atoms with E-state index >= 15 is 0 Å². The van der Waals surface area contributed by atoms with Gasteiger partial charge in [-0.3, -0.25) is 0 Å². The molecule has 1 rings (SSSR count). The zero-order valence-corrected chi connectivity index (χ0v) is 9.09. The second-order valence-corrected chi connectivity index (χ2v) is 4.30. The third kappa shape index (κ3) is 3.42. The fraction of sp³-hybridized carbons (Fsp3) is 1.00. The number of nitrogens with zero attached hydrogens (tertiary/aromatic N) is 1. The summed E-state index contributed by atoms with van der Waals surface area (Å²) in [6.07, 6.45) is 3.51. The van der Waals surface area contributed by atoms with Crippen LogP contribution in [0.5, 0.6) is 0 Å². The van der Waals surface area contributed by atoms with Gasteiger partial charge in [-0.2, -0.15) is 0 Å². The number of hydrogen-bond donors (Lipinski definition) is 1. The predicted octanol–water partition coefficient (Wildman–Crippen LogP) is 1.48. The number of alkyl halides is 1. The van der Waals surface area contributed by atoms with Crippen molar-refractivity contribution in [1.29, 1.82) is 0 Å². The highest BCUT2D eigenvalue weighted by Crippen LogP contribution is 2.18. The van der Waals surface area contributed by atoms with Crippen LogP contribution in [0.3, 0.4) is 0 Å². The Bertz CT molecular complexity index is 121. The summed E-state index contributed by atoms with van der Waals surface area (Å²) in [7, 11) is 0. The lowest BCUT2D eigenvalue weighted by molar-refractivity contribution is 0.251. The molecule has 0 bridgehead atoms. The van der Waals surface area contributed by atoms with Gasteiger partial charge < -0.3 is 10.0 Å². The molecule has 0 radical (unpaired) electrons. The van der Waals surface area contributed by atoms with E-state index in [1.807, 2.05) is 0 Å². The zero-order valence-electron chi connectivity index (χ0n) is 7.51. The molecule has 1 unspecified atom stereocenters. The molecule has 0 aliphatic carbocycles. The Morgan fingerprint density at radius 3 is 3.00 bits per heavy atom. The van der Waals surface area contributed by atoms with E-state index in [1.54, 1.807) is 0 Å². The highest BCUT2D eigenvalue weighted by atomic mass is 79.9. The van der Waals surface area contributed by atoms with E-state index in [9.17, 15) is 0 Å². The topological polar surface area (TPSA) is 23.5 Å². The van der Waals surface area contributed by atoms with Crippen LogP contribution in [0.2, 0.25) is 0 Å². The van der Waals surface area contributed by atoms with Crippen molar-refractivity contribution >= 4 is 15.9 Å². The van der Waals surface area contributed by atoms with Gasteiger partial charge in [0, 0.05) is 18.5 Å². The van der Waals surface area contributed by atoms with Crippen molar-refractivity contribution in [2.75, 3.05) is 31.6 Å². The molecule has 0 amide bonds. The molecule has 1 saturated heterocycles. The first-order chi connectivity index (χ1) is 5.86. The molecule has 1 atom stereocenters. The highest BCUT2D eigenvalue weighted by molar-refractivity contribution is 9.09. The van der Waals surface area contributed by atoms with Crippen molar-refractivity contribution in [2.45, 2.75) is 19.3 Å². The smallest absolute Gasteiger partial charge is 0.0434 e. The Morgan fingerprint density at radius 2 is 2.33 bits per heavy atom. The third-order valence-electron chi connectivity index (χ3n) is 2.52. The van der Waals surface area contributed by atoms with Gasteiger partial charge in [-0.25, -0.2) is 0 Å². The number of hydrogen-bond acceptors (Lipinski definition) is 2. The maximum Gasteiger partial charge on any atom is 0.0434 e. The SMILES string of the molecule is OCCC1CCN(CCCBr)C1. The normalized spacial score (nSPS) is 25.0. The first-order valence-electron chi connectivity index (χ1n) is 4.76. The lowest BCUT2D eigenvalue weighted by atomic mass is 10.1. The molecular formula is C9H18BrNO. The van der Waals surface area contributed by atoms with Gasteiger partial charge in [0.15, 0.2) is 0 Å². The van der Waals surface area contributed by atoms with Crippen molar-refractivity contribution < 1.29 is 5.11 Å². The Labute approximate surface area is 83.1 Å². The summed E-state index contributed by atoms with van der Waals surface area (Å²) >= 11 is 3.44. The summed E-state index contributed by atoms with van der Waals surface area (Å²) in [5, 5.41) is 9.87. The molecule has 1 N–H and O–H groups in total. The number of aliphatic hydroxyl groups is 1. The van der Waals surface area contributed by atoms with Crippen LogP contribution in [0.4, 0.5) is 0 Å². The van der Waals surface area contributed by atoms with Crippen LogP contribution in [0.1, 0.15) is 19.3 Å². The van der Waals surface area contributed by atoms with Gasteiger partial charge in [0.1, 0.15) is 0 Å². The fourth-order valence-corrected chi connectivity index (χ4v) is 2.07. The minimum absolute atomic E-state index is 0.358. The molecule has 72 valence electrons. The molecular weight excluding hydrogens is 218 g/mol. The molecule has 12 heavy (non-hydrogen) atoms. The Balaban J connectivity index is 2.08. The largest absolute Gasteiger partial charge is 0.396 e. The van der Waals surface area contributed by atoms with E-state index in [4.69, 9.17) is 5.11 Å². The molecule has 1 aliphatic heterocycles. The van der Waals surface area contributed by atoms with Crippen molar-refractivity contribution in [3.63, 3.8) is 0 Å². The Kier molecular flexibility index (Phi) is 5.19. The average Bonchev–Trinajstić information content (AvgIpc) is 2.50. The fourth-order valence-electron chi connectivity index (χ4n) is 1.82. The van der Waals surface area contributed by atoms with E-state index in [1.165, 1.54) is 32.5 Å². The van der Waals surface area contributed by atoms with Gasteiger partial charge in [0.05, 0.1) is 0 Å². The van der Waals surface area contributed by atoms with E-state index in [0.29, 0.717) is 6.61 Å². The molecule has 0 saturated carbocycles. The number of halogens is 1. The van der Waals surface area contributed by atoms with Gasteiger partial charge in [-0.15, -0.1) is 0 Å². The standard InChI is InChI=1S/C9H18BrNO/c10-4-1-5-11-6-2-9(8-11)3-7-12/h9,12H,1-8H2. The number of rotatable bonds is 5. The summed E-state index contributed by atoms with van der Waals surface area (Å²) in [6.45, 7) is 4.01. The Morgan fingerprint density at radius 1 is 1.50 bits per heavy atom. The van der Waals surface area contributed by atoms with Crippen LogP contribution < -0.4 is 0 Å². The first-order valence-corrected chi connectivity index (χ1v) is 5.88. The van der Waals surface area contributed by atoms with Gasteiger partial charge in [-0.05, 0) is 38.3 Å². The third-order valence-corrected chi connectivity index (χ3v) is 3.08. The molecule has 1 fully saturated rings. The minimum atomic E-state index is 0.358. The quantitative estimate of drug-likeness (QED) is 0.731. The van der Waals surface area contributed by atoms with Crippen molar-refractivity contribution in [3.05, 3.63) is 0 Å². The highest BCUT2D eigenvalue weighted by Gasteiger charge is 2.20. The van der Waals surface area contributed by atoms with Gasteiger partial charge in [0.2, 0.25) is 0 Å². The molecule has 0 spiro atoms. The Hall–Kier alpha value is 0.400. The van der Waals surface area contributed by atoms with Crippen molar-refractivity contribution in [3.8, 4) is 0 Å². The molecule has 2 nitrogen and oxygen atoms in total. The van der Waals surface area contributed by atoms with E-state index in [2.05, 4.69) is 20.8 Å². The van der Waals surface area contributed by atoms with Crippen LogP contribution >= 0.6 is 15.9 Å². The summed E-state index contributed by atoms with van der Waals surface area (Å²) in [5.41, 5.74) is 0. The van der Waals surface area contributed by atoms with Gasteiger partial charge in [-0.1, -0.05) is 15.9 Å². The summed E-state index contributed by atoms with van der Waals surface area (Å²) in [6, 6.07) is 0. The molecule has 1 aliphatic rings. The van der Waals surface area contributed by atoms with E-state index < -0.39 is 0 Å². The van der Waals surface area contributed by atoms with Crippen LogP contribution in [-0.4, -0.2) is 41.6 Å². The average molecular weight is 236 g/mol. The lowest BCUT2D eigenvalue weighted by Crippen LogP contribution is -2.22. The van der Waals surface area contributed by atoms with Crippen molar-refractivity contribution in [1.82, 2.24) is 4.90 Å². The molecule has 0 aromatic rings. The van der Waals surface area contributed by atoms with Crippen LogP contribution in [-0.2, 0) is 0 Å². The van der Waals surface area contributed by atoms with Crippen LogP contribution in [0.15, 0.2) is 0 Å². The van der Waals surface area contributed by atoms with Crippen LogP contribution in [0, 0.1) is 5.92 Å². The van der Waals surface area contributed by atoms with Gasteiger partial charge >= 0.3 is 0 Å². The second kappa shape index (κ2) is 5.95. The molecule has 0 aromatic carbocycles. The van der Waals surface area contributed by atoms with Crippen LogP contribution in [0.25, 0.3) is 0 Å². The maximum absolute atomic E-state index is 8.76. The minimum Gasteiger partial charge on any atom is -0.396 e. The zero-order chi connectivity index (χ0) is 8.81. The summed E-state index contributed by atoms with van der Waals surface area (Å²) in [4.78, 5) is 2.50. The summed E-state index contributed by atoms with van der Waals surface area (Å²) < 4.78 is 0. The van der Waals surface area contributed by atoms with E-state index in [-0.39, 0.29) is 0 Å². The van der Waals surface area contributed by atoms with Crippen molar-refractivity contribution in [2.24, 2.45) is 5.92 Å². The number of likely N-dealkylation sites (tertiary alicyclic amines) is 1. The summed E-state index contributed by atoms with van der Waals surface area (Å²) in [5.74, 6) is 0.755.